The molecule has 1 fully saturated rings. The second-order valence-corrected chi connectivity index (χ2v) is 5.53. The van der Waals surface area contributed by atoms with Gasteiger partial charge < -0.3 is 14.8 Å². The van der Waals surface area contributed by atoms with E-state index in [9.17, 15) is 0 Å². The molecule has 0 spiro atoms. The van der Waals surface area contributed by atoms with Crippen molar-refractivity contribution in [3.05, 3.63) is 11.9 Å². The van der Waals surface area contributed by atoms with E-state index in [0.717, 1.165) is 37.8 Å². The molecule has 0 bridgehead atoms. The molecule has 96 valence electrons. The molecule has 0 radical (unpaired) electrons. The van der Waals surface area contributed by atoms with Gasteiger partial charge >= 0.3 is 0 Å². The molecule has 1 aromatic heterocycles. The van der Waals surface area contributed by atoms with Crippen LogP contribution >= 0.6 is 0 Å². The van der Waals surface area contributed by atoms with E-state index in [2.05, 4.69) is 53.7 Å². The number of anilines is 1. The Morgan fingerprint density at radius 3 is 2.94 bits per heavy atom. The predicted octanol–water partition coefficient (Wildman–Crippen LogP) is 1.65. The van der Waals surface area contributed by atoms with Crippen molar-refractivity contribution in [3.63, 3.8) is 0 Å². The van der Waals surface area contributed by atoms with Crippen molar-refractivity contribution in [2.24, 2.45) is 5.92 Å². The van der Waals surface area contributed by atoms with E-state index in [-0.39, 0.29) is 0 Å². The van der Waals surface area contributed by atoms with E-state index in [1.54, 1.807) is 0 Å². The zero-order chi connectivity index (χ0) is 12.4. The largest absolute Gasteiger partial charge is 0.339 e. The smallest absolute Gasteiger partial charge is 0.205 e. The molecule has 1 unspecified atom stereocenters. The summed E-state index contributed by atoms with van der Waals surface area (Å²) in [6, 6.07) is 0.549. The first kappa shape index (κ1) is 12.4. The summed E-state index contributed by atoms with van der Waals surface area (Å²) in [6.07, 6.45) is 2.17. The molecule has 4 heteroatoms. The van der Waals surface area contributed by atoms with Crippen LogP contribution in [0.5, 0.6) is 0 Å². The summed E-state index contributed by atoms with van der Waals surface area (Å²) in [7, 11) is 0. The number of rotatable bonds is 3. The van der Waals surface area contributed by atoms with Gasteiger partial charge in [0.05, 0.1) is 5.69 Å². The molecule has 1 aliphatic heterocycles. The number of hydrogen-bond donors (Lipinski definition) is 1. The van der Waals surface area contributed by atoms with Crippen molar-refractivity contribution in [3.8, 4) is 0 Å². The van der Waals surface area contributed by atoms with E-state index in [1.807, 2.05) is 0 Å². The van der Waals surface area contributed by atoms with Gasteiger partial charge in [0.15, 0.2) is 0 Å². The molecule has 1 saturated heterocycles. The first-order chi connectivity index (χ1) is 8.06. The molecule has 0 amide bonds. The van der Waals surface area contributed by atoms with Gasteiger partial charge in [0.25, 0.3) is 0 Å². The van der Waals surface area contributed by atoms with Crippen molar-refractivity contribution in [1.82, 2.24) is 14.9 Å². The summed E-state index contributed by atoms with van der Waals surface area (Å²) in [5.41, 5.74) is 1.12. The number of aromatic nitrogens is 2. The highest BCUT2D eigenvalue weighted by Crippen LogP contribution is 2.17. The van der Waals surface area contributed by atoms with Gasteiger partial charge in [-0.25, -0.2) is 4.98 Å². The van der Waals surface area contributed by atoms with Crippen molar-refractivity contribution in [1.29, 1.82) is 0 Å². The Balaban J connectivity index is 2.18. The molecule has 1 aromatic rings. The van der Waals surface area contributed by atoms with E-state index >= 15 is 0 Å². The molecular formula is C13H24N4. The molecule has 2 rings (SSSR count). The molecule has 4 nitrogen and oxygen atoms in total. The third-order valence-electron chi connectivity index (χ3n) is 3.09. The monoisotopic (exact) mass is 236 g/mol. The maximum atomic E-state index is 4.68. The molecule has 17 heavy (non-hydrogen) atoms. The van der Waals surface area contributed by atoms with Crippen LogP contribution in [0.25, 0.3) is 0 Å². The Kier molecular flexibility index (Phi) is 3.72. The van der Waals surface area contributed by atoms with Gasteiger partial charge in [0.2, 0.25) is 5.95 Å². The lowest BCUT2D eigenvalue weighted by molar-refractivity contribution is 0.462. The van der Waals surface area contributed by atoms with Crippen LogP contribution in [0.3, 0.4) is 0 Å². The maximum absolute atomic E-state index is 4.68. The van der Waals surface area contributed by atoms with Crippen molar-refractivity contribution in [2.75, 3.05) is 24.5 Å². The second-order valence-electron chi connectivity index (χ2n) is 5.53. The van der Waals surface area contributed by atoms with Crippen LogP contribution in [-0.4, -0.2) is 35.2 Å². The number of nitrogens with zero attached hydrogens (tertiary/aromatic N) is 3. The summed E-state index contributed by atoms with van der Waals surface area (Å²) in [5.74, 6) is 1.80. The average Bonchev–Trinajstić information content (AvgIpc) is 2.58. The van der Waals surface area contributed by atoms with Crippen LogP contribution in [0.4, 0.5) is 5.95 Å². The Bertz CT molecular complexity index is 369. The summed E-state index contributed by atoms with van der Waals surface area (Å²) >= 11 is 0. The third kappa shape index (κ3) is 3.00. The first-order valence-electron chi connectivity index (χ1n) is 6.58. The Hall–Kier alpha value is -1.03. The quantitative estimate of drug-likeness (QED) is 0.866. The fourth-order valence-corrected chi connectivity index (χ4v) is 2.43. The SMILES string of the molecule is Cc1cn(CC(C)C)c(N2CCNC(C)C2)n1. The highest BCUT2D eigenvalue weighted by Gasteiger charge is 2.20. The average molecular weight is 236 g/mol. The number of nitrogens with one attached hydrogen (secondary N) is 1. The fraction of sp³-hybridized carbons (Fsp3) is 0.769. The molecule has 0 aliphatic carbocycles. The van der Waals surface area contributed by atoms with Crippen molar-refractivity contribution >= 4 is 5.95 Å². The van der Waals surface area contributed by atoms with Crippen LogP contribution in [0.15, 0.2) is 6.20 Å². The highest BCUT2D eigenvalue weighted by atomic mass is 15.3. The zero-order valence-corrected chi connectivity index (χ0v) is 11.4. The minimum atomic E-state index is 0.549. The molecule has 1 aliphatic rings. The van der Waals surface area contributed by atoms with E-state index in [1.165, 1.54) is 0 Å². The van der Waals surface area contributed by atoms with Gasteiger partial charge in [0, 0.05) is 38.4 Å². The molecule has 1 atom stereocenters. The number of imidazole rings is 1. The topological polar surface area (TPSA) is 33.1 Å². The minimum absolute atomic E-state index is 0.549. The number of hydrogen-bond acceptors (Lipinski definition) is 3. The van der Waals surface area contributed by atoms with Crippen LogP contribution in [0, 0.1) is 12.8 Å². The summed E-state index contributed by atoms with van der Waals surface area (Å²) in [4.78, 5) is 7.08. The van der Waals surface area contributed by atoms with Gasteiger partial charge in [0.1, 0.15) is 0 Å². The Labute approximate surface area is 104 Å². The summed E-state index contributed by atoms with van der Waals surface area (Å²) in [5, 5.41) is 3.47. The van der Waals surface area contributed by atoms with E-state index < -0.39 is 0 Å². The predicted molar refractivity (Wildman–Crippen MR) is 71.5 cm³/mol. The van der Waals surface area contributed by atoms with Gasteiger partial charge in [-0.05, 0) is 19.8 Å². The van der Waals surface area contributed by atoms with Gasteiger partial charge in [-0.15, -0.1) is 0 Å². The summed E-state index contributed by atoms with van der Waals surface area (Å²) in [6.45, 7) is 13.0. The lowest BCUT2D eigenvalue weighted by Crippen LogP contribution is -2.50. The van der Waals surface area contributed by atoms with Crippen molar-refractivity contribution < 1.29 is 0 Å². The second kappa shape index (κ2) is 5.08. The van der Waals surface area contributed by atoms with Crippen LogP contribution in [0.2, 0.25) is 0 Å². The molecular weight excluding hydrogens is 212 g/mol. The van der Waals surface area contributed by atoms with Crippen LogP contribution in [-0.2, 0) is 6.54 Å². The standard InChI is InChI=1S/C13H24N4/c1-10(2)7-17-9-12(4)15-13(17)16-6-5-14-11(3)8-16/h9-11,14H,5-8H2,1-4H3. The van der Waals surface area contributed by atoms with Gasteiger partial charge in [-0.2, -0.15) is 0 Å². The highest BCUT2D eigenvalue weighted by molar-refractivity contribution is 5.34. The first-order valence-corrected chi connectivity index (χ1v) is 6.58. The third-order valence-corrected chi connectivity index (χ3v) is 3.09. The lowest BCUT2D eigenvalue weighted by Gasteiger charge is -2.33. The lowest BCUT2D eigenvalue weighted by atomic mass is 10.2. The Morgan fingerprint density at radius 1 is 1.53 bits per heavy atom. The van der Waals surface area contributed by atoms with E-state index in [4.69, 9.17) is 0 Å². The minimum Gasteiger partial charge on any atom is -0.339 e. The maximum Gasteiger partial charge on any atom is 0.205 e. The van der Waals surface area contributed by atoms with E-state index in [0.29, 0.717) is 12.0 Å². The van der Waals surface area contributed by atoms with Crippen LogP contribution < -0.4 is 10.2 Å². The number of piperazine rings is 1. The van der Waals surface area contributed by atoms with Crippen molar-refractivity contribution in [2.45, 2.75) is 40.3 Å². The Morgan fingerprint density at radius 2 is 2.29 bits per heavy atom. The number of aryl methyl sites for hydroxylation is 1. The molecule has 0 aromatic carbocycles. The van der Waals surface area contributed by atoms with Gasteiger partial charge in [-0.3, -0.25) is 0 Å². The zero-order valence-electron chi connectivity index (χ0n) is 11.4. The molecule has 2 heterocycles. The van der Waals surface area contributed by atoms with Crippen LogP contribution in [0.1, 0.15) is 26.5 Å². The normalized spacial score (nSPS) is 21.2. The fourth-order valence-electron chi connectivity index (χ4n) is 2.43. The molecule has 0 saturated carbocycles. The van der Waals surface area contributed by atoms with Gasteiger partial charge in [-0.1, -0.05) is 13.8 Å². The molecule has 1 N–H and O–H groups in total. The summed E-state index contributed by atoms with van der Waals surface area (Å²) < 4.78 is 2.30.